The number of ether oxygens (including phenoxy) is 2. The Morgan fingerprint density at radius 3 is 2.62 bits per heavy atom. The molecular weight excluding hydrogens is 350 g/mol. The van der Waals surface area contributed by atoms with Gasteiger partial charge in [-0.15, -0.1) is 0 Å². The molecule has 0 fully saturated rings. The lowest BCUT2D eigenvalue weighted by atomic mass is 10.1. The molecule has 1 aliphatic heterocycles. The third-order valence-electron chi connectivity index (χ3n) is 4.46. The number of nitrogens with one attached hydrogen (secondary N) is 1. The van der Waals surface area contributed by atoms with E-state index in [1.54, 1.807) is 0 Å². The minimum Gasteiger partial charge on any atom is -0.454 e. The summed E-state index contributed by atoms with van der Waals surface area (Å²) in [6.07, 6.45) is 2.99. The number of hydrogen-bond acceptors (Lipinski definition) is 6. The van der Waals surface area contributed by atoms with E-state index in [4.69, 9.17) is 9.47 Å². The van der Waals surface area contributed by atoms with Crippen molar-refractivity contribution in [2.75, 3.05) is 13.0 Å². The predicted molar refractivity (Wildman–Crippen MR) is 101 cm³/mol. The molecule has 1 aliphatic rings. The van der Waals surface area contributed by atoms with Crippen LogP contribution < -0.4 is 14.8 Å². The highest BCUT2D eigenvalue weighted by atomic mass is 32.2. The maximum atomic E-state index is 12.4. The van der Waals surface area contributed by atoms with Crippen LogP contribution in [0.3, 0.4) is 0 Å². The van der Waals surface area contributed by atoms with E-state index in [1.807, 2.05) is 45.2 Å². The van der Waals surface area contributed by atoms with Crippen LogP contribution in [0.15, 0.2) is 23.4 Å². The molecule has 0 spiro atoms. The van der Waals surface area contributed by atoms with E-state index in [2.05, 4.69) is 15.3 Å². The number of fused-ring (bicyclic) bond motifs is 1. The fraction of sp³-hybridized carbons (Fsp3) is 0.421. The minimum atomic E-state index is -0.102. The molecule has 6 nitrogen and oxygen atoms in total. The van der Waals surface area contributed by atoms with E-state index in [0.29, 0.717) is 12.8 Å². The van der Waals surface area contributed by atoms with Gasteiger partial charge in [0.2, 0.25) is 12.7 Å². The Morgan fingerprint density at radius 1 is 1.23 bits per heavy atom. The zero-order valence-electron chi connectivity index (χ0n) is 15.5. The first-order valence-electron chi connectivity index (χ1n) is 8.55. The van der Waals surface area contributed by atoms with Crippen LogP contribution in [0.25, 0.3) is 0 Å². The Labute approximate surface area is 157 Å². The fourth-order valence-corrected chi connectivity index (χ4v) is 3.44. The first-order chi connectivity index (χ1) is 12.5. The highest BCUT2D eigenvalue weighted by molar-refractivity contribution is 7.98. The predicted octanol–water partition coefficient (Wildman–Crippen LogP) is 3.35. The summed E-state index contributed by atoms with van der Waals surface area (Å²) in [4.78, 5) is 21.3. The van der Waals surface area contributed by atoms with Crippen LogP contribution in [0.2, 0.25) is 0 Å². The summed E-state index contributed by atoms with van der Waals surface area (Å²) in [5, 5.41) is 3.81. The Bertz CT molecular complexity index is 803. The number of aromatic nitrogens is 2. The summed E-state index contributed by atoms with van der Waals surface area (Å²) < 4.78 is 10.7. The van der Waals surface area contributed by atoms with Gasteiger partial charge in [0.15, 0.2) is 16.7 Å². The second-order valence-electron chi connectivity index (χ2n) is 6.26. The van der Waals surface area contributed by atoms with E-state index >= 15 is 0 Å². The van der Waals surface area contributed by atoms with Crippen molar-refractivity contribution in [3.63, 3.8) is 0 Å². The molecule has 7 heteroatoms. The SMILES string of the molecule is CSc1nc(C)c(CCC(=O)N[C@@H](C)c2ccc3c(c2)OCO3)c(C)n1. The Kier molecular flexibility index (Phi) is 5.66. The van der Waals surface area contributed by atoms with Crippen molar-refractivity contribution in [2.24, 2.45) is 0 Å². The van der Waals surface area contributed by atoms with E-state index in [0.717, 1.165) is 39.2 Å². The van der Waals surface area contributed by atoms with Crippen LogP contribution in [0.4, 0.5) is 0 Å². The van der Waals surface area contributed by atoms with Gasteiger partial charge >= 0.3 is 0 Å². The zero-order valence-corrected chi connectivity index (χ0v) is 16.3. The summed E-state index contributed by atoms with van der Waals surface area (Å²) in [6.45, 7) is 6.14. The van der Waals surface area contributed by atoms with Gasteiger partial charge in [0.05, 0.1) is 6.04 Å². The van der Waals surface area contributed by atoms with Crippen LogP contribution in [-0.2, 0) is 11.2 Å². The fourth-order valence-electron chi connectivity index (χ4n) is 2.98. The van der Waals surface area contributed by atoms with Crippen LogP contribution in [0.5, 0.6) is 11.5 Å². The van der Waals surface area contributed by atoms with E-state index in [-0.39, 0.29) is 18.7 Å². The molecule has 0 bridgehead atoms. The molecule has 1 amide bonds. The van der Waals surface area contributed by atoms with Crippen molar-refractivity contribution in [1.82, 2.24) is 15.3 Å². The van der Waals surface area contributed by atoms with Gasteiger partial charge in [-0.05, 0) is 56.7 Å². The molecule has 0 aliphatic carbocycles. The Hall–Kier alpha value is -2.28. The number of hydrogen-bond donors (Lipinski definition) is 1. The lowest BCUT2D eigenvalue weighted by molar-refractivity contribution is -0.121. The maximum absolute atomic E-state index is 12.4. The number of rotatable bonds is 6. The number of nitrogens with zero attached hydrogens (tertiary/aromatic N) is 2. The second-order valence-corrected chi connectivity index (χ2v) is 7.03. The van der Waals surface area contributed by atoms with Crippen molar-refractivity contribution >= 4 is 17.7 Å². The average molecular weight is 373 g/mol. The second kappa shape index (κ2) is 7.95. The number of amides is 1. The molecule has 0 unspecified atom stereocenters. The molecule has 1 aromatic carbocycles. The number of thioether (sulfide) groups is 1. The maximum Gasteiger partial charge on any atom is 0.231 e. The van der Waals surface area contributed by atoms with Crippen molar-refractivity contribution in [3.8, 4) is 11.5 Å². The van der Waals surface area contributed by atoms with E-state index in [9.17, 15) is 4.79 Å². The lowest BCUT2D eigenvalue weighted by Crippen LogP contribution is -2.27. The van der Waals surface area contributed by atoms with Crippen molar-refractivity contribution in [3.05, 3.63) is 40.7 Å². The Balaban J connectivity index is 1.59. The summed E-state index contributed by atoms with van der Waals surface area (Å²) in [6, 6.07) is 5.63. The van der Waals surface area contributed by atoms with Gasteiger partial charge in [-0.3, -0.25) is 4.79 Å². The van der Waals surface area contributed by atoms with Gasteiger partial charge in [0.1, 0.15) is 0 Å². The van der Waals surface area contributed by atoms with Gasteiger partial charge in [0, 0.05) is 17.8 Å². The quantitative estimate of drug-likeness (QED) is 0.618. The number of carbonyl (C=O) groups excluding carboxylic acids is 1. The van der Waals surface area contributed by atoms with Crippen LogP contribution in [-0.4, -0.2) is 28.9 Å². The molecule has 1 N–H and O–H groups in total. The molecule has 0 saturated heterocycles. The number of carbonyl (C=O) groups is 1. The van der Waals surface area contributed by atoms with Crippen molar-refractivity contribution in [1.29, 1.82) is 0 Å². The molecule has 1 atom stereocenters. The third-order valence-corrected chi connectivity index (χ3v) is 5.01. The van der Waals surface area contributed by atoms with E-state index < -0.39 is 0 Å². The zero-order chi connectivity index (χ0) is 18.7. The molecular formula is C19H23N3O3S. The molecule has 2 aromatic rings. The first-order valence-corrected chi connectivity index (χ1v) is 9.77. The molecule has 3 rings (SSSR count). The monoisotopic (exact) mass is 373 g/mol. The summed E-state index contributed by atoms with van der Waals surface area (Å²) in [5.41, 5.74) is 3.92. The standard InChI is InChI=1S/C19H23N3O3S/c1-11(14-5-7-16-17(9-14)25-10-24-16)20-18(23)8-6-15-12(2)21-19(26-4)22-13(15)3/h5,7,9,11H,6,8,10H2,1-4H3,(H,20,23)/t11-/m0/s1. The highest BCUT2D eigenvalue weighted by Crippen LogP contribution is 2.34. The lowest BCUT2D eigenvalue weighted by Gasteiger charge is -2.15. The molecule has 0 saturated carbocycles. The van der Waals surface area contributed by atoms with Crippen LogP contribution >= 0.6 is 11.8 Å². The first kappa shape index (κ1) is 18.5. The van der Waals surface area contributed by atoms with Gasteiger partial charge in [-0.25, -0.2) is 9.97 Å². The average Bonchev–Trinajstić information content (AvgIpc) is 3.08. The van der Waals surface area contributed by atoms with Gasteiger partial charge in [0.25, 0.3) is 0 Å². The highest BCUT2D eigenvalue weighted by Gasteiger charge is 2.17. The van der Waals surface area contributed by atoms with Crippen molar-refractivity contribution < 1.29 is 14.3 Å². The molecule has 26 heavy (non-hydrogen) atoms. The normalized spacial score (nSPS) is 13.5. The molecule has 0 radical (unpaired) electrons. The van der Waals surface area contributed by atoms with Gasteiger partial charge in [-0.2, -0.15) is 0 Å². The summed E-state index contributed by atoms with van der Waals surface area (Å²) >= 11 is 1.52. The Morgan fingerprint density at radius 2 is 1.92 bits per heavy atom. The number of aryl methyl sites for hydroxylation is 2. The van der Waals surface area contributed by atoms with Crippen LogP contribution in [0.1, 0.15) is 41.9 Å². The van der Waals surface area contributed by atoms with Crippen molar-refractivity contribution in [2.45, 2.75) is 44.8 Å². The summed E-state index contributed by atoms with van der Waals surface area (Å²) in [7, 11) is 0. The van der Waals surface area contributed by atoms with E-state index in [1.165, 1.54) is 11.8 Å². The molecule has 1 aromatic heterocycles. The van der Waals surface area contributed by atoms with Gasteiger partial charge in [-0.1, -0.05) is 17.8 Å². The van der Waals surface area contributed by atoms with Gasteiger partial charge < -0.3 is 14.8 Å². The third kappa shape index (κ3) is 4.09. The number of benzene rings is 1. The topological polar surface area (TPSA) is 73.3 Å². The molecule has 138 valence electrons. The molecule has 2 heterocycles. The van der Waals surface area contributed by atoms with Crippen LogP contribution in [0, 0.1) is 13.8 Å². The summed E-state index contributed by atoms with van der Waals surface area (Å²) in [5.74, 6) is 1.47. The smallest absolute Gasteiger partial charge is 0.231 e. The minimum absolute atomic E-state index is 0.00269. The largest absolute Gasteiger partial charge is 0.454 e.